The van der Waals surface area contributed by atoms with Gasteiger partial charge in [-0.25, -0.2) is 9.07 Å². The molecule has 4 nitrogen and oxygen atoms in total. The molecule has 0 fully saturated rings. The predicted octanol–water partition coefficient (Wildman–Crippen LogP) is 3.76. The molecule has 0 saturated heterocycles. The highest BCUT2D eigenvalue weighted by molar-refractivity contribution is 5.93. The number of halogens is 1. The minimum absolute atomic E-state index is 0.0573. The van der Waals surface area contributed by atoms with Crippen LogP contribution in [0.1, 0.15) is 29.3 Å². The highest BCUT2D eigenvalue weighted by atomic mass is 19.1. The quantitative estimate of drug-likeness (QED) is 0.744. The summed E-state index contributed by atoms with van der Waals surface area (Å²) in [6, 6.07) is 16.2. The van der Waals surface area contributed by atoms with Gasteiger partial charge in [0.05, 0.1) is 17.4 Å². The second kappa shape index (κ2) is 7.75. The van der Waals surface area contributed by atoms with E-state index in [9.17, 15) is 9.18 Å². The summed E-state index contributed by atoms with van der Waals surface area (Å²) in [6.07, 6.45) is 4.94. The molecule has 128 valence electrons. The highest BCUT2D eigenvalue weighted by Crippen LogP contribution is 2.10. The van der Waals surface area contributed by atoms with E-state index in [-0.39, 0.29) is 17.8 Å². The van der Waals surface area contributed by atoms with Crippen LogP contribution in [0.2, 0.25) is 0 Å². The van der Waals surface area contributed by atoms with Crippen molar-refractivity contribution in [1.29, 1.82) is 0 Å². The number of hydrogen-bond acceptors (Lipinski definition) is 2. The molecule has 1 unspecified atom stereocenters. The fourth-order valence-corrected chi connectivity index (χ4v) is 2.58. The maximum Gasteiger partial charge on any atom is 0.254 e. The minimum Gasteiger partial charge on any atom is -0.349 e. The Labute approximate surface area is 146 Å². The molecule has 3 aromatic rings. The van der Waals surface area contributed by atoms with Gasteiger partial charge in [0.1, 0.15) is 5.82 Å². The average Bonchev–Trinajstić information content (AvgIpc) is 3.12. The van der Waals surface area contributed by atoms with E-state index in [4.69, 9.17) is 0 Å². The van der Waals surface area contributed by atoms with Crippen LogP contribution in [-0.2, 0) is 6.42 Å². The van der Waals surface area contributed by atoms with Gasteiger partial charge in [-0.15, -0.1) is 0 Å². The number of aryl methyl sites for hydroxylation is 1. The van der Waals surface area contributed by atoms with Crippen molar-refractivity contribution in [3.63, 3.8) is 0 Å². The summed E-state index contributed by atoms with van der Waals surface area (Å²) in [5.41, 5.74) is 2.45. The summed E-state index contributed by atoms with van der Waals surface area (Å²) in [6.45, 7) is 1.99. The lowest BCUT2D eigenvalue weighted by Crippen LogP contribution is -2.32. The number of nitrogens with one attached hydrogen (secondary N) is 1. The average molecular weight is 337 g/mol. The lowest BCUT2D eigenvalue weighted by Gasteiger charge is -2.13. The molecule has 3 rings (SSSR count). The van der Waals surface area contributed by atoms with Crippen LogP contribution in [0.15, 0.2) is 67.0 Å². The summed E-state index contributed by atoms with van der Waals surface area (Å²) in [5.74, 6) is -0.463. The number of amides is 1. The summed E-state index contributed by atoms with van der Waals surface area (Å²) < 4.78 is 14.5. The van der Waals surface area contributed by atoms with Crippen LogP contribution in [0.4, 0.5) is 4.39 Å². The molecule has 0 bridgehead atoms. The fraction of sp³-hybridized carbons (Fsp3) is 0.200. The van der Waals surface area contributed by atoms with E-state index >= 15 is 0 Å². The second-order valence-corrected chi connectivity index (χ2v) is 6.05. The molecule has 0 spiro atoms. The van der Waals surface area contributed by atoms with Crippen molar-refractivity contribution < 1.29 is 9.18 Å². The van der Waals surface area contributed by atoms with Crippen LogP contribution in [0, 0.1) is 5.82 Å². The molecule has 1 N–H and O–H groups in total. The van der Waals surface area contributed by atoms with E-state index in [2.05, 4.69) is 22.5 Å². The Bertz CT molecular complexity index is 828. The lowest BCUT2D eigenvalue weighted by atomic mass is 10.1. The molecule has 25 heavy (non-hydrogen) atoms. The van der Waals surface area contributed by atoms with Crippen molar-refractivity contribution in [2.45, 2.75) is 25.8 Å². The first-order chi connectivity index (χ1) is 12.1. The smallest absolute Gasteiger partial charge is 0.254 e. The van der Waals surface area contributed by atoms with Gasteiger partial charge in [0.15, 0.2) is 0 Å². The lowest BCUT2D eigenvalue weighted by molar-refractivity contribution is 0.0938. The van der Waals surface area contributed by atoms with Gasteiger partial charge < -0.3 is 5.32 Å². The topological polar surface area (TPSA) is 46.9 Å². The van der Waals surface area contributed by atoms with E-state index in [1.54, 1.807) is 23.0 Å². The SMILES string of the molecule is CC(CCc1ccccc1)NC(=O)c1cnn(-c2ccc(F)cc2)c1. The molecule has 0 aliphatic carbocycles. The molecule has 1 aromatic heterocycles. The summed E-state index contributed by atoms with van der Waals surface area (Å²) >= 11 is 0. The van der Waals surface area contributed by atoms with Gasteiger partial charge in [0.2, 0.25) is 0 Å². The molecular formula is C20H20FN3O. The summed E-state index contributed by atoms with van der Waals surface area (Å²) in [4.78, 5) is 12.3. The van der Waals surface area contributed by atoms with Crippen molar-refractivity contribution in [3.05, 3.63) is 83.9 Å². The predicted molar refractivity (Wildman–Crippen MR) is 95.2 cm³/mol. The second-order valence-electron chi connectivity index (χ2n) is 6.05. The molecule has 5 heteroatoms. The number of hydrogen-bond donors (Lipinski definition) is 1. The Hall–Kier alpha value is -2.95. The van der Waals surface area contributed by atoms with Crippen LogP contribution in [0.25, 0.3) is 5.69 Å². The van der Waals surface area contributed by atoms with E-state index in [1.807, 2.05) is 25.1 Å². The van der Waals surface area contributed by atoms with Gasteiger partial charge in [-0.3, -0.25) is 4.79 Å². The van der Waals surface area contributed by atoms with Crippen LogP contribution in [0.5, 0.6) is 0 Å². The van der Waals surface area contributed by atoms with Crippen LogP contribution < -0.4 is 5.32 Å². The zero-order valence-corrected chi connectivity index (χ0v) is 14.0. The number of carbonyl (C=O) groups is 1. The molecule has 0 radical (unpaired) electrons. The Kier molecular flexibility index (Phi) is 5.23. The fourth-order valence-electron chi connectivity index (χ4n) is 2.58. The number of nitrogens with zero attached hydrogens (tertiary/aromatic N) is 2. The van der Waals surface area contributed by atoms with Gasteiger partial charge in [0, 0.05) is 12.2 Å². The van der Waals surface area contributed by atoms with Gasteiger partial charge in [0.25, 0.3) is 5.91 Å². The molecule has 0 aliphatic heterocycles. The Morgan fingerprint density at radius 1 is 1.16 bits per heavy atom. The molecule has 1 amide bonds. The van der Waals surface area contributed by atoms with Gasteiger partial charge in [-0.05, 0) is 49.6 Å². The normalized spacial score (nSPS) is 11.9. The van der Waals surface area contributed by atoms with Crippen molar-refractivity contribution in [2.75, 3.05) is 0 Å². The first kappa shape index (κ1) is 16.9. The zero-order valence-electron chi connectivity index (χ0n) is 14.0. The molecule has 0 aliphatic rings. The first-order valence-corrected chi connectivity index (χ1v) is 8.27. The number of rotatable bonds is 6. The third-order valence-corrected chi connectivity index (χ3v) is 4.02. The minimum atomic E-state index is -0.305. The standard InChI is InChI=1S/C20H20FN3O/c1-15(7-8-16-5-3-2-4-6-16)23-20(25)17-13-22-24(14-17)19-11-9-18(21)10-12-19/h2-6,9-15H,7-8H2,1H3,(H,23,25). The number of aromatic nitrogens is 2. The molecule has 1 heterocycles. The molecule has 1 atom stereocenters. The van der Waals surface area contributed by atoms with Crippen molar-refractivity contribution in [3.8, 4) is 5.69 Å². The monoisotopic (exact) mass is 337 g/mol. The van der Waals surface area contributed by atoms with E-state index in [1.165, 1.54) is 23.9 Å². The largest absolute Gasteiger partial charge is 0.349 e. The van der Waals surface area contributed by atoms with Gasteiger partial charge >= 0.3 is 0 Å². The van der Waals surface area contributed by atoms with Crippen molar-refractivity contribution in [2.24, 2.45) is 0 Å². The van der Waals surface area contributed by atoms with E-state index in [0.717, 1.165) is 12.8 Å². The van der Waals surface area contributed by atoms with Gasteiger partial charge in [-0.2, -0.15) is 5.10 Å². The third-order valence-electron chi connectivity index (χ3n) is 4.02. The van der Waals surface area contributed by atoms with E-state index < -0.39 is 0 Å². The Morgan fingerprint density at radius 3 is 2.60 bits per heavy atom. The maximum absolute atomic E-state index is 13.0. The number of carbonyl (C=O) groups excluding carboxylic acids is 1. The summed E-state index contributed by atoms with van der Waals surface area (Å²) in [7, 11) is 0. The van der Waals surface area contributed by atoms with Crippen molar-refractivity contribution in [1.82, 2.24) is 15.1 Å². The molecular weight excluding hydrogens is 317 g/mol. The van der Waals surface area contributed by atoms with Crippen LogP contribution >= 0.6 is 0 Å². The highest BCUT2D eigenvalue weighted by Gasteiger charge is 2.12. The third kappa shape index (κ3) is 4.53. The number of benzene rings is 2. The van der Waals surface area contributed by atoms with Crippen molar-refractivity contribution >= 4 is 5.91 Å². The van der Waals surface area contributed by atoms with Gasteiger partial charge in [-0.1, -0.05) is 30.3 Å². The maximum atomic E-state index is 13.0. The first-order valence-electron chi connectivity index (χ1n) is 8.27. The molecule has 2 aromatic carbocycles. The summed E-state index contributed by atoms with van der Waals surface area (Å²) in [5, 5.41) is 7.16. The molecule has 0 saturated carbocycles. The van der Waals surface area contributed by atoms with Crippen LogP contribution in [0.3, 0.4) is 0 Å². The van der Waals surface area contributed by atoms with Crippen LogP contribution in [-0.4, -0.2) is 21.7 Å². The Morgan fingerprint density at radius 2 is 1.88 bits per heavy atom. The Balaban J connectivity index is 1.57. The van der Waals surface area contributed by atoms with E-state index in [0.29, 0.717) is 11.3 Å². The zero-order chi connectivity index (χ0) is 17.6.